The van der Waals surface area contributed by atoms with E-state index in [-0.39, 0.29) is 6.42 Å². The summed E-state index contributed by atoms with van der Waals surface area (Å²) >= 11 is 3.42. The maximum Gasteiger partial charge on any atom is 0.408 e. The molecule has 0 bridgehead atoms. The Morgan fingerprint density at radius 1 is 1.32 bits per heavy atom. The third-order valence-electron chi connectivity index (χ3n) is 3.30. The van der Waals surface area contributed by atoms with E-state index in [1.807, 2.05) is 0 Å². The number of carbonyl (C=O) groups is 2. The molecular weight excluding hydrogens is 394 g/mol. The van der Waals surface area contributed by atoms with E-state index in [0.29, 0.717) is 34.7 Å². The van der Waals surface area contributed by atoms with Crippen LogP contribution in [0.1, 0.15) is 45.2 Å². The van der Waals surface area contributed by atoms with Crippen LogP contribution in [0.5, 0.6) is 11.5 Å². The summed E-state index contributed by atoms with van der Waals surface area (Å²) in [6, 6.07) is 2.65. The molecule has 25 heavy (non-hydrogen) atoms. The Labute approximate surface area is 154 Å². The Morgan fingerprint density at radius 3 is 2.64 bits per heavy atom. The topological polar surface area (TPSA) is 94.1 Å². The minimum atomic E-state index is -1.04. The van der Waals surface area contributed by atoms with E-state index in [2.05, 4.69) is 21.2 Å². The highest BCUT2D eigenvalue weighted by Crippen LogP contribution is 2.40. The number of hydrogen-bond donors (Lipinski definition) is 2. The largest absolute Gasteiger partial charge is 0.490 e. The van der Waals surface area contributed by atoms with Gasteiger partial charge in [0.1, 0.15) is 5.60 Å². The number of amides is 1. The first-order valence-corrected chi connectivity index (χ1v) is 8.75. The monoisotopic (exact) mass is 415 g/mol. The van der Waals surface area contributed by atoms with Crippen molar-refractivity contribution in [2.75, 3.05) is 13.2 Å². The summed E-state index contributed by atoms with van der Waals surface area (Å²) in [4.78, 5) is 23.3. The van der Waals surface area contributed by atoms with Crippen LogP contribution < -0.4 is 14.8 Å². The van der Waals surface area contributed by atoms with Crippen molar-refractivity contribution >= 4 is 28.0 Å². The molecule has 138 valence electrons. The molecule has 0 aromatic heterocycles. The highest BCUT2D eigenvalue weighted by molar-refractivity contribution is 9.10. The summed E-state index contributed by atoms with van der Waals surface area (Å²) in [7, 11) is 0. The Morgan fingerprint density at radius 2 is 2.00 bits per heavy atom. The number of halogens is 1. The van der Waals surface area contributed by atoms with Crippen LogP contribution in [0.3, 0.4) is 0 Å². The second-order valence-corrected chi connectivity index (χ2v) is 7.53. The van der Waals surface area contributed by atoms with E-state index < -0.39 is 23.7 Å². The first-order valence-electron chi connectivity index (χ1n) is 7.96. The zero-order valence-corrected chi connectivity index (χ0v) is 16.0. The molecule has 1 aromatic rings. The molecule has 2 rings (SSSR count). The molecule has 0 spiro atoms. The van der Waals surface area contributed by atoms with Crippen molar-refractivity contribution in [3.8, 4) is 11.5 Å². The van der Waals surface area contributed by atoms with E-state index in [0.717, 1.165) is 6.42 Å². The second-order valence-electron chi connectivity index (χ2n) is 6.68. The molecule has 7 nitrogen and oxygen atoms in total. The fourth-order valence-corrected chi connectivity index (χ4v) is 2.90. The quantitative estimate of drug-likeness (QED) is 0.778. The van der Waals surface area contributed by atoms with E-state index in [1.165, 1.54) is 0 Å². The Balaban J connectivity index is 2.28. The van der Waals surface area contributed by atoms with E-state index >= 15 is 0 Å². The zero-order valence-electron chi connectivity index (χ0n) is 14.4. The van der Waals surface area contributed by atoms with Crippen LogP contribution in [0.4, 0.5) is 4.79 Å². The van der Waals surface area contributed by atoms with Crippen LogP contribution in [0, 0.1) is 0 Å². The molecular formula is C17H22BrNO6. The predicted molar refractivity (Wildman–Crippen MR) is 94.1 cm³/mol. The number of nitrogens with one attached hydrogen (secondary N) is 1. The van der Waals surface area contributed by atoms with Crippen LogP contribution in [0.15, 0.2) is 16.6 Å². The van der Waals surface area contributed by atoms with Crippen molar-refractivity contribution in [1.29, 1.82) is 0 Å². The molecule has 0 aliphatic carbocycles. The number of carbonyl (C=O) groups excluding carboxylic acids is 1. The molecule has 0 radical (unpaired) electrons. The zero-order chi connectivity index (χ0) is 18.6. The van der Waals surface area contributed by atoms with E-state index in [1.54, 1.807) is 32.9 Å². The van der Waals surface area contributed by atoms with Gasteiger partial charge in [-0.2, -0.15) is 0 Å². The summed E-state index contributed by atoms with van der Waals surface area (Å²) < 4.78 is 17.2. The van der Waals surface area contributed by atoms with Gasteiger partial charge in [-0.05, 0) is 54.4 Å². The molecule has 1 amide bonds. The summed E-state index contributed by atoms with van der Waals surface area (Å²) in [6.45, 7) is 6.26. The summed E-state index contributed by atoms with van der Waals surface area (Å²) in [6.07, 6.45) is -0.210. The second kappa shape index (κ2) is 7.95. The lowest BCUT2D eigenvalue weighted by Crippen LogP contribution is -2.35. The third-order valence-corrected chi connectivity index (χ3v) is 3.89. The Kier molecular flexibility index (Phi) is 6.16. The first kappa shape index (κ1) is 19.4. The van der Waals surface area contributed by atoms with Crippen molar-refractivity contribution in [2.24, 2.45) is 0 Å². The van der Waals surface area contributed by atoms with Crippen molar-refractivity contribution in [1.82, 2.24) is 5.32 Å². The number of alkyl carbamates (subject to hydrolysis) is 1. The van der Waals surface area contributed by atoms with Gasteiger partial charge in [0, 0.05) is 6.42 Å². The SMILES string of the molecule is CC(C)(C)OC(=O)N[C@@H](CC(=O)O)c1cc(Br)c2c(c1)OCCCO2. The molecule has 8 heteroatoms. The third kappa shape index (κ3) is 5.81. The van der Waals surface area contributed by atoms with Crippen LogP contribution in [-0.2, 0) is 9.53 Å². The van der Waals surface area contributed by atoms with Crippen LogP contribution in [0.2, 0.25) is 0 Å². The molecule has 1 atom stereocenters. The fourth-order valence-electron chi connectivity index (χ4n) is 2.33. The average molecular weight is 416 g/mol. The number of ether oxygens (including phenoxy) is 3. The van der Waals surface area contributed by atoms with Crippen molar-refractivity contribution in [3.63, 3.8) is 0 Å². The molecule has 0 unspecified atom stereocenters. The first-order chi connectivity index (χ1) is 11.7. The van der Waals surface area contributed by atoms with Crippen molar-refractivity contribution in [2.45, 2.75) is 45.3 Å². The van der Waals surface area contributed by atoms with Gasteiger partial charge in [0.2, 0.25) is 0 Å². The van der Waals surface area contributed by atoms with Gasteiger partial charge in [-0.3, -0.25) is 4.79 Å². The van der Waals surface area contributed by atoms with Gasteiger partial charge >= 0.3 is 12.1 Å². The number of carboxylic acids is 1. The molecule has 2 N–H and O–H groups in total. The molecule has 0 saturated carbocycles. The molecule has 1 aromatic carbocycles. The average Bonchev–Trinajstić information content (AvgIpc) is 2.69. The number of rotatable bonds is 4. The fraction of sp³-hybridized carbons (Fsp3) is 0.529. The summed E-state index contributed by atoms with van der Waals surface area (Å²) in [5.41, 5.74) is -0.0900. The van der Waals surface area contributed by atoms with Gasteiger partial charge in [0.15, 0.2) is 11.5 Å². The molecule has 0 fully saturated rings. The van der Waals surface area contributed by atoms with E-state index in [4.69, 9.17) is 14.2 Å². The minimum Gasteiger partial charge on any atom is -0.490 e. The van der Waals surface area contributed by atoms with Crippen molar-refractivity contribution < 1.29 is 28.9 Å². The standard InChI is InChI=1S/C17H22BrNO6/c1-17(2,3)25-16(22)19-12(9-14(20)21)10-7-11(18)15-13(8-10)23-5-4-6-24-15/h7-8,12H,4-6,9H2,1-3H3,(H,19,22)(H,20,21)/t12-/m0/s1. The van der Waals surface area contributed by atoms with Gasteiger partial charge in [-0.15, -0.1) is 0 Å². The number of carboxylic acid groups (broad SMARTS) is 1. The normalized spacial score (nSPS) is 15.0. The molecule has 1 aliphatic rings. The van der Waals surface area contributed by atoms with Gasteiger partial charge in [0.05, 0.1) is 30.1 Å². The summed E-state index contributed by atoms with van der Waals surface area (Å²) in [5.74, 6) is 0.0557. The van der Waals surface area contributed by atoms with Gasteiger partial charge < -0.3 is 24.6 Å². The lowest BCUT2D eigenvalue weighted by atomic mass is 10.0. The number of benzene rings is 1. The highest BCUT2D eigenvalue weighted by atomic mass is 79.9. The highest BCUT2D eigenvalue weighted by Gasteiger charge is 2.25. The van der Waals surface area contributed by atoms with Crippen LogP contribution in [0.25, 0.3) is 0 Å². The number of hydrogen-bond acceptors (Lipinski definition) is 5. The van der Waals surface area contributed by atoms with Gasteiger partial charge in [-0.25, -0.2) is 4.79 Å². The van der Waals surface area contributed by atoms with Crippen LogP contribution >= 0.6 is 15.9 Å². The van der Waals surface area contributed by atoms with Crippen molar-refractivity contribution in [3.05, 3.63) is 22.2 Å². The molecule has 1 heterocycles. The number of fused-ring (bicyclic) bond motifs is 1. The van der Waals surface area contributed by atoms with E-state index in [9.17, 15) is 14.7 Å². The maximum atomic E-state index is 12.1. The smallest absolute Gasteiger partial charge is 0.408 e. The lowest BCUT2D eigenvalue weighted by molar-refractivity contribution is -0.137. The van der Waals surface area contributed by atoms with Gasteiger partial charge in [-0.1, -0.05) is 0 Å². The Bertz CT molecular complexity index is 655. The lowest BCUT2D eigenvalue weighted by Gasteiger charge is -2.24. The predicted octanol–water partition coefficient (Wildman–Crippen LogP) is 3.65. The van der Waals surface area contributed by atoms with Gasteiger partial charge in [0.25, 0.3) is 0 Å². The summed E-state index contributed by atoms with van der Waals surface area (Å²) in [5, 5.41) is 11.8. The maximum absolute atomic E-state index is 12.1. The Hall–Kier alpha value is -1.96. The molecule has 1 aliphatic heterocycles. The van der Waals surface area contributed by atoms with Crippen LogP contribution in [-0.4, -0.2) is 36.0 Å². The minimum absolute atomic E-state index is 0.286. The number of aliphatic carboxylic acids is 1. The molecule has 0 saturated heterocycles.